The molecular formula is C15H21NO2. The maximum atomic E-state index is 12.0. The summed E-state index contributed by atoms with van der Waals surface area (Å²) < 4.78 is 5.81. The Labute approximate surface area is 109 Å². The maximum Gasteiger partial charge on any atom is 0.225 e. The van der Waals surface area contributed by atoms with Crippen molar-refractivity contribution in [2.24, 2.45) is 5.92 Å². The van der Waals surface area contributed by atoms with Gasteiger partial charge in [0.25, 0.3) is 0 Å². The van der Waals surface area contributed by atoms with E-state index in [2.05, 4.69) is 19.1 Å². The lowest BCUT2D eigenvalue weighted by atomic mass is 10.0. The van der Waals surface area contributed by atoms with Crippen LogP contribution in [0.3, 0.4) is 0 Å². The molecule has 3 heteroatoms. The second kappa shape index (κ2) is 5.53. The Balaban J connectivity index is 2.12. The molecule has 1 amide bonds. The molecule has 0 spiro atoms. The van der Waals surface area contributed by atoms with Gasteiger partial charge in [-0.3, -0.25) is 4.79 Å². The van der Waals surface area contributed by atoms with Crippen LogP contribution in [-0.2, 0) is 9.53 Å². The summed E-state index contributed by atoms with van der Waals surface area (Å²) in [6, 6.07) is 8.22. The van der Waals surface area contributed by atoms with Crippen LogP contribution >= 0.6 is 0 Å². The summed E-state index contributed by atoms with van der Waals surface area (Å²) in [6.45, 7) is 7.97. The van der Waals surface area contributed by atoms with E-state index in [1.807, 2.05) is 30.9 Å². The lowest BCUT2D eigenvalue weighted by Crippen LogP contribution is -2.44. The average molecular weight is 247 g/mol. The van der Waals surface area contributed by atoms with Crippen LogP contribution in [-0.4, -0.2) is 30.5 Å². The first-order chi connectivity index (χ1) is 8.59. The van der Waals surface area contributed by atoms with Gasteiger partial charge in [0.05, 0.1) is 13.2 Å². The molecular weight excluding hydrogens is 226 g/mol. The normalized spacial score (nSPS) is 20.2. The van der Waals surface area contributed by atoms with E-state index in [4.69, 9.17) is 4.74 Å². The summed E-state index contributed by atoms with van der Waals surface area (Å²) in [5.41, 5.74) is 2.42. The van der Waals surface area contributed by atoms with Crippen LogP contribution in [0.15, 0.2) is 24.3 Å². The van der Waals surface area contributed by atoms with Crippen molar-refractivity contribution in [1.29, 1.82) is 0 Å². The van der Waals surface area contributed by atoms with Crippen molar-refractivity contribution in [3.8, 4) is 0 Å². The van der Waals surface area contributed by atoms with Gasteiger partial charge in [0.1, 0.15) is 6.10 Å². The number of hydrogen-bond acceptors (Lipinski definition) is 2. The number of morpholine rings is 1. The number of rotatable bonds is 2. The van der Waals surface area contributed by atoms with Gasteiger partial charge in [-0.25, -0.2) is 0 Å². The first-order valence-corrected chi connectivity index (χ1v) is 6.55. The van der Waals surface area contributed by atoms with Gasteiger partial charge in [-0.15, -0.1) is 0 Å². The fourth-order valence-electron chi connectivity index (χ4n) is 2.35. The molecule has 0 bridgehead atoms. The number of ether oxygens (including phenoxy) is 1. The number of amides is 1. The minimum Gasteiger partial charge on any atom is -0.370 e. The molecule has 98 valence electrons. The molecule has 3 nitrogen and oxygen atoms in total. The van der Waals surface area contributed by atoms with Gasteiger partial charge in [0, 0.05) is 12.5 Å². The summed E-state index contributed by atoms with van der Waals surface area (Å²) in [5.74, 6) is 0.275. The van der Waals surface area contributed by atoms with Crippen molar-refractivity contribution >= 4 is 5.91 Å². The second-order valence-electron chi connectivity index (χ2n) is 5.15. The summed E-state index contributed by atoms with van der Waals surface area (Å²) in [4.78, 5) is 14.0. The molecule has 0 unspecified atom stereocenters. The quantitative estimate of drug-likeness (QED) is 0.804. The van der Waals surface area contributed by atoms with Gasteiger partial charge in [-0.05, 0) is 18.1 Å². The van der Waals surface area contributed by atoms with E-state index in [1.54, 1.807) is 0 Å². The number of hydrogen-bond donors (Lipinski definition) is 0. The predicted octanol–water partition coefficient (Wildman–Crippen LogP) is 2.55. The SMILES string of the molecule is Cc1ccccc1[C@@H]1CN(C(=O)C(C)C)CCO1. The molecule has 1 aromatic carbocycles. The summed E-state index contributed by atoms with van der Waals surface area (Å²) in [6.07, 6.45) is 0.0163. The third kappa shape index (κ3) is 2.72. The molecule has 1 aliphatic rings. The van der Waals surface area contributed by atoms with Gasteiger partial charge < -0.3 is 9.64 Å². The van der Waals surface area contributed by atoms with Crippen molar-refractivity contribution < 1.29 is 9.53 Å². The van der Waals surface area contributed by atoms with Crippen molar-refractivity contribution in [1.82, 2.24) is 4.90 Å². The van der Waals surface area contributed by atoms with Crippen LogP contribution in [0.1, 0.15) is 31.1 Å². The first-order valence-electron chi connectivity index (χ1n) is 6.55. The minimum absolute atomic E-state index is 0.0163. The van der Waals surface area contributed by atoms with Crippen LogP contribution in [0, 0.1) is 12.8 Å². The molecule has 1 aliphatic heterocycles. The highest BCUT2D eigenvalue weighted by molar-refractivity contribution is 5.78. The van der Waals surface area contributed by atoms with Gasteiger partial charge in [0.15, 0.2) is 0 Å². The van der Waals surface area contributed by atoms with Gasteiger partial charge in [-0.2, -0.15) is 0 Å². The molecule has 1 aromatic rings. The van der Waals surface area contributed by atoms with Crippen LogP contribution in [0.2, 0.25) is 0 Å². The molecule has 1 saturated heterocycles. The lowest BCUT2D eigenvalue weighted by Gasteiger charge is -2.34. The zero-order valence-electron chi connectivity index (χ0n) is 11.3. The largest absolute Gasteiger partial charge is 0.370 e. The zero-order valence-corrected chi connectivity index (χ0v) is 11.3. The van der Waals surface area contributed by atoms with Gasteiger partial charge in [-0.1, -0.05) is 38.1 Å². The van der Waals surface area contributed by atoms with E-state index >= 15 is 0 Å². The predicted molar refractivity (Wildman–Crippen MR) is 71.3 cm³/mol. The van der Waals surface area contributed by atoms with E-state index in [9.17, 15) is 4.79 Å². The smallest absolute Gasteiger partial charge is 0.225 e. The van der Waals surface area contributed by atoms with E-state index in [-0.39, 0.29) is 17.9 Å². The molecule has 0 radical (unpaired) electrons. The van der Waals surface area contributed by atoms with Crippen LogP contribution in [0.25, 0.3) is 0 Å². The van der Waals surface area contributed by atoms with Crippen LogP contribution in [0.4, 0.5) is 0 Å². The minimum atomic E-state index is 0.0163. The van der Waals surface area contributed by atoms with E-state index in [1.165, 1.54) is 11.1 Å². The van der Waals surface area contributed by atoms with Crippen molar-refractivity contribution in [2.45, 2.75) is 26.9 Å². The van der Waals surface area contributed by atoms with Crippen molar-refractivity contribution in [2.75, 3.05) is 19.7 Å². The fraction of sp³-hybridized carbons (Fsp3) is 0.533. The molecule has 0 saturated carbocycles. The third-order valence-corrected chi connectivity index (χ3v) is 3.41. The Morgan fingerprint density at radius 3 is 2.78 bits per heavy atom. The zero-order chi connectivity index (χ0) is 13.1. The number of nitrogens with zero attached hydrogens (tertiary/aromatic N) is 1. The molecule has 18 heavy (non-hydrogen) atoms. The Hall–Kier alpha value is -1.35. The van der Waals surface area contributed by atoms with E-state index in [0.717, 1.165) is 0 Å². The Morgan fingerprint density at radius 2 is 2.11 bits per heavy atom. The van der Waals surface area contributed by atoms with E-state index < -0.39 is 0 Å². The molecule has 0 N–H and O–H groups in total. The summed E-state index contributed by atoms with van der Waals surface area (Å²) in [5, 5.41) is 0. The third-order valence-electron chi connectivity index (χ3n) is 3.41. The average Bonchev–Trinajstić information content (AvgIpc) is 2.38. The van der Waals surface area contributed by atoms with E-state index in [0.29, 0.717) is 19.7 Å². The summed E-state index contributed by atoms with van der Waals surface area (Å²) >= 11 is 0. The fourth-order valence-corrected chi connectivity index (χ4v) is 2.35. The lowest BCUT2D eigenvalue weighted by molar-refractivity contribution is -0.142. The Morgan fingerprint density at radius 1 is 1.39 bits per heavy atom. The molecule has 0 aromatic heterocycles. The second-order valence-corrected chi connectivity index (χ2v) is 5.15. The molecule has 2 rings (SSSR count). The standard InChI is InChI=1S/C15H21NO2/c1-11(2)15(17)16-8-9-18-14(10-16)13-7-5-4-6-12(13)3/h4-7,11,14H,8-10H2,1-3H3/t14-/m0/s1. The first kappa shape index (κ1) is 13.1. The number of aryl methyl sites for hydroxylation is 1. The molecule has 1 fully saturated rings. The molecule has 1 atom stereocenters. The number of benzene rings is 1. The highest BCUT2D eigenvalue weighted by Gasteiger charge is 2.27. The molecule has 1 heterocycles. The Bertz CT molecular complexity index is 428. The van der Waals surface area contributed by atoms with Crippen molar-refractivity contribution in [3.63, 3.8) is 0 Å². The van der Waals surface area contributed by atoms with Gasteiger partial charge >= 0.3 is 0 Å². The highest BCUT2D eigenvalue weighted by atomic mass is 16.5. The van der Waals surface area contributed by atoms with Crippen molar-refractivity contribution in [3.05, 3.63) is 35.4 Å². The van der Waals surface area contributed by atoms with Crippen LogP contribution < -0.4 is 0 Å². The van der Waals surface area contributed by atoms with Gasteiger partial charge in [0.2, 0.25) is 5.91 Å². The monoisotopic (exact) mass is 247 g/mol. The van der Waals surface area contributed by atoms with Crippen LogP contribution in [0.5, 0.6) is 0 Å². The number of carbonyl (C=O) groups is 1. The Kier molecular flexibility index (Phi) is 4.02. The summed E-state index contributed by atoms with van der Waals surface area (Å²) in [7, 11) is 0. The number of carbonyl (C=O) groups excluding carboxylic acids is 1. The maximum absolute atomic E-state index is 12.0. The topological polar surface area (TPSA) is 29.5 Å². The molecule has 0 aliphatic carbocycles. The highest BCUT2D eigenvalue weighted by Crippen LogP contribution is 2.25.